The molecule has 1 unspecified atom stereocenters. The molecular weight excluding hydrogens is 359 g/mol. The lowest BCUT2D eigenvalue weighted by Crippen LogP contribution is -2.09. The first-order valence-corrected chi connectivity index (χ1v) is 8.27. The van der Waals surface area contributed by atoms with Crippen LogP contribution in [0, 0.1) is 10.5 Å². The molecule has 3 rings (SSSR count). The molecule has 104 valence electrons. The fourth-order valence-corrected chi connectivity index (χ4v) is 3.41. The van der Waals surface area contributed by atoms with Gasteiger partial charge in [0.2, 0.25) is 0 Å². The molecule has 20 heavy (non-hydrogen) atoms. The van der Waals surface area contributed by atoms with E-state index in [2.05, 4.69) is 59.8 Å². The van der Waals surface area contributed by atoms with Gasteiger partial charge in [-0.25, -0.2) is 0 Å². The fourth-order valence-electron chi connectivity index (χ4n) is 2.75. The maximum Gasteiger partial charge on any atom is 0.105 e. The average molecular weight is 378 g/mol. The van der Waals surface area contributed by atoms with Gasteiger partial charge in [-0.3, -0.25) is 0 Å². The number of hydrogen-bond acceptors (Lipinski definition) is 1. The van der Waals surface area contributed by atoms with Crippen molar-refractivity contribution in [2.24, 2.45) is 0 Å². The molecule has 0 heterocycles. The second-order valence-electron chi connectivity index (χ2n) is 5.68. The smallest absolute Gasteiger partial charge is 0.105 e. The van der Waals surface area contributed by atoms with E-state index in [-0.39, 0.29) is 0 Å². The van der Waals surface area contributed by atoms with Gasteiger partial charge in [0.05, 0.1) is 0 Å². The monoisotopic (exact) mass is 378 g/mol. The van der Waals surface area contributed by atoms with E-state index in [0.717, 1.165) is 20.6 Å². The highest BCUT2D eigenvalue weighted by Crippen LogP contribution is 2.37. The number of aliphatic hydroxyl groups excluding tert-OH is 1. The summed E-state index contributed by atoms with van der Waals surface area (Å²) in [5.74, 6) is 0.750. The van der Waals surface area contributed by atoms with Gasteiger partial charge in [0, 0.05) is 3.57 Å². The molecule has 0 amide bonds. The maximum absolute atomic E-state index is 10.6. The van der Waals surface area contributed by atoms with Crippen molar-refractivity contribution in [1.82, 2.24) is 0 Å². The molecule has 2 aromatic rings. The van der Waals surface area contributed by atoms with Gasteiger partial charge in [-0.05, 0) is 70.5 Å². The summed E-state index contributed by atoms with van der Waals surface area (Å²) in [7, 11) is 0. The van der Waals surface area contributed by atoms with E-state index >= 15 is 0 Å². The second kappa shape index (κ2) is 5.86. The van der Waals surface area contributed by atoms with Crippen LogP contribution < -0.4 is 0 Å². The number of aryl methyl sites for hydroxylation is 1. The average Bonchev–Trinajstić information content (AvgIpc) is 2.40. The molecule has 1 aliphatic carbocycles. The number of aliphatic hydroxyl groups is 1. The van der Waals surface area contributed by atoms with E-state index in [4.69, 9.17) is 0 Å². The van der Waals surface area contributed by atoms with E-state index in [9.17, 15) is 5.11 Å². The van der Waals surface area contributed by atoms with Gasteiger partial charge in [-0.1, -0.05) is 48.9 Å². The maximum atomic E-state index is 10.6. The third kappa shape index (κ3) is 2.63. The van der Waals surface area contributed by atoms with E-state index < -0.39 is 6.10 Å². The van der Waals surface area contributed by atoms with Crippen LogP contribution in [0.25, 0.3) is 0 Å². The Kier molecular flexibility index (Phi) is 4.13. The summed E-state index contributed by atoms with van der Waals surface area (Å²) in [4.78, 5) is 0. The van der Waals surface area contributed by atoms with Gasteiger partial charge in [0.15, 0.2) is 0 Å². The second-order valence-corrected chi connectivity index (χ2v) is 6.75. The molecule has 1 atom stereocenters. The first kappa shape index (κ1) is 14.1. The zero-order valence-corrected chi connectivity index (χ0v) is 13.8. The van der Waals surface area contributed by atoms with Gasteiger partial charge in [0.1, 0.15) is 6.10 Å². The van der Waals surface area contributed by atoms with Gasteiger partial charge in [-0.2, -0.15) is 0 Å². The Balaban J connectivity index is 1.86. The summed E-state index contributed by atoms with van der Waals surface area (Å²) in [5.41, 5.74) is 4.62. The molecule has 1 fully saturated rings. The molecule has 0 bridgehead atoms. The highest BCUT2D eigenvalue weighted by molar-refractivity contribution is 14.1. The van der Waals surface area contributed by atoms with Crippen LogP contribution in [0.5, 0.6) is 0 Å². The van der Waals surface area contributed by atoms with Crippen molar-refractivity contribution in [2.45, 2.75) is 38.2 Å². The number of rotatable bonds is 3. The topological polar surface area (TPSA) is 20.2 Å². The predicted octanol–water partition coefficient (Wildman–Crippen LogP) is 4.95. The molecule has 0 radical (unpaired) electrons. The van der Waals surface area contributed by atoms with Crippen molar-refractivity contribution in [3.63, 3.8) is 0 Å². The third-order valence-corrected chi connectivity index (χ3v) is 5.82. The Labute approximate surface area is 134 Å². The summed E-state index contributed by atoms with van der Waals surface area (Å²) in [6.45, 7) is 2.08. The Bertz CT molecular complexity index is 599. The quantitative estimate of drug-likeness (QED) is 0.750. The molecule has 1 saturated carbocycles. The van der Waals surface area contributed by atoms with Crippen molar-refractivity contribution >= 4 is 22.6 Å². The molecule has 0 aromatic heterocycles. The standard InChI is InChI=1S/C18H19IO/c1-12-4-2-7-16(17(12)19)18(20)15-10-8-14(9-11-15)13-5-3-6-13/h2,4,7-11,13,18,20H,3,5-6H2,1H3. The minimum atomic E-state index is -0.530. The number of halogens is 1. The van der Waals surface area contributed by atoms with Crippen molar-refractivity contribution in [2.75, 3.05) is 0 Å². The summed E-state index contributed by atoms with van der Waals surface area (Å²) in [5, 5.41) is 10.6. The van der Waals surface area contributed by atoms with Gasteiger partial charge in [-0.15, -0.1) is 0 Å². The van der Waals surface area contributed by atoms with Crippen molar-refractivity contribution < 1.29 is 5.11 Å². The van der Waals surface area contributed by atoms with Crippen LogP contribution in [0.2, 0.25) is 0 Å². The van der Waals surface area contributed by atoms with E-state index in [0.29, 0.717) is 0 Å². The first-order chi connectivity index (χ1) is 9.66. The normalized spacial score (nSPS) is 16.8. The van der Waals surface area contributed by atoms with Crippen molar-refractivity contribution in [3.8, 4) is 0 Å². The van der Waals surface area contributed by atoms with Crippen LogP contribution in [0.3, 0.4) is 0 Å². The summed E-state index contributed by atoms with van der Waals surface area (Å²) >= 11 is 2.32. The summed E-state index contributed by atoms with van der Waals surface area (Å²) in [6, 6.07) is 14.6. The minimum absolute atomic E-state index is 0.530. The van der Waals surface area contributed by atoms with E-state index in [1.54, 1.807) is 0 Å². The highest BCUT2D eigenvalue weighted by Gasteiger charge is 2.20. The minimum Gasteiger partial charge on any atom is -0.384 e. The molecule has 1 N–H and O–H groups in total. The Morgan fingerprint density at radius 2 is 1.80 bits per heavy atom. The molecule has 2 heteroatoms. The van der Waals surface area contributed by atoms with Gasteiger partial charge >= 0.3 is 0 Å². The van der Waals surface area contributed by atoms with Crippen LogP contribution in [-0.4, -0.2) is 5.11 Å². The molecular formula is C18H19IO. The largest absolute Gasteiger partial charge is 0.384 e. The van der Waals surface area contributed by atoms with E-state index in [1.165, 1.54) is 30.4 Å². The first-order valence-electron chi connectivity index (χ1n) is 7.20. The lowest BCUT2D eigenvalue weighted by Gasteiger charge is -2.26. The van der Waals surface area contributed by atoms with Gasteiger partial charge < -0.3 is 5.11 Å². The lowest BCUT2D eigenvalue weighted by atomic mass is 9.80. The van der Waals surface area contributed by atoms with E-state index in [1.807, 2.05) is 12.1 Å². The Morgan fingerprint density at radius 3 is 2.40 bits per heavy atom. The Hall–Kier alpha value is -0.870. The molecule has 2 aromatic carbocycles. The van der Waals surface area contributed by atoms with Crippen molar-refractivity contribution in [3.05, 3.63) is 68.3 Å². The van der Waals surface area contributed by atoms with Crippen LogP contribution in [0.1, 0.15) is 53.5 Å². The van der Waals surface area contributed by atoms with Crippen LogP contribution in [0.15, 0.2) is 42.5 Å². The third-order valence-electron chi connectivity index (χ3n) is 4.35. The Morgan fingerprint density at radius 1 is 1.10 bits per heavy atom. The molecule has 1 nitrogen and oxygen atoms in total. The predicted molar refractivity (Wildman–Crippen MR) is 91.0 cm³/mol. The zero-order valence-electron chi connectivity index (χ0n) is 11.6. The van der Waals surface area contributed by atoms with Crippen LogP contribution >= 0.6 is 22.6 Å². The zero-order chi connectivity index (χ0) is 14.1. The fraction of sp³-hybridized carbons (Fsp3) is 0.333. The number of benzene rings is 2. The summed E-state index contributed by atoms with van der Waals surface area (Å²) in [6.07, 6.45) is 3.46. The SMILES string of the molecule is Cc1cccc(C(O)c2ccc(C3CCC3)cc2)c1I. The van der Waals surface area contributed by atoms with Crippen LogP contribution in [0.4, 0.5) is 0 Å². The molecule has 0 aliphatic heterocycles. The van der Waals surface area contributed by atoms with Crippen molar-refractivity contribution in [1.29, 1.82) is 0 Å². The molecule has 1 aliphatic rings. The highest BCUT2D eigenvalue weighted by atomic mass is 127. The number of hydrogen-bond donors (Lipinski definition) is 1. The van der Waals surface area contributed by atoms with Crippen LogP contribution in [-0.2, 0) is 0 Å². The van der Waals surface area contributed by atoms with Gasteiger partial charge in [0.25, 0.3) is 0 Å². The lowest BCUT2D eigenvalue weighted by molar-refractivity contribution is 0.219. The molecule has 0 spiro atoms. The molecule has 0 saturated heterocycles. The summed E-state index contributed by atoms with van der Waals surface area (Å²) < 4.78 is 1.15.